The van der Waals surface area contributed by atoms with Crippen molar-refractivity contribution < 1.29 is 9.53 Å². The molecule has 1 heterocycles. The van der Waals surface area contributed by atoms with Crippen LogP contribution in [0.1, 0.15) is 57.4 Å². The number of ether oxygens (including phenoxy) is 1. The number of carbonyl (C=O) groups is 1. The highest BCUT2D eigenvalue weighted by atomic mass is 16.6. The SMILES string of the molecule is CCc1ccc2c(c1)C(C)N(C(=O)OC(C)(C)C)CC2. The lowest BCUT2D eigenvalue weighted by Gasteiger charge is -2.36. The molecule has 1 aliphatic rings. The number of rotatable bonds is 1. The fourth-order valence-corrected chi connectivity index (χ4v) is 2.65. The quantitative estimate of drug-likeness (QED) is 0.772. The van der Waals surface area contributed by atoms with Crippen LogP contribution in [0.15, 0.2) is 18.2 Å². The predicted molar refractivity (Wildman–Crippen MR) is 80.9 cm³/mol. The smallest absolute Gasteiger partial charge is 0.410 e. The van der Waals surface area contributed by atoms with Gasteiger partial charge in [0.05, 0.1) is 6.04 Å². The zero-order valence-electron chi connectivity index (χ0n) is 13.2. The summed E-state index contributed by atoms with van der Waals surface area (Å²) in [4.78, 5) is 14.1. The van der Waals surface area contributed by atoms with Crippen LogP contribution in [-0.4, -0.2) is 23.1 Å². The van der Waals surface area contributed by atoms with Gasteiger partial charge in [-0.1, -0.05) is 25.1 Å². The average Bonchev–Trinajstić information content (AvgIpc) is 2.36. The maximum atomic E-state index is 12.3. The van der Waals surface area contributed by atoms with Gasteiger partial charge in [0, 0.05) is 6.54 Å². The molecule has 0 saturated carbocycles. The Balaban J connectivity index is 2.22. The molecular weight excluding hydrogens is 250 g/mol. The monoisotopic (exact) mass is 275 g/mol. The lowest BCUT2D eigenvalue weighted by atomic mass is 9.91. The minimum Gasteiger partial charge on any atom is -0.444 e. The van der Waals surface area contributed by atoms with E-state index in [-0.39, 0.29) is 12.1 Å². The van der Waals surface area contributed by atoms with E-state index in [0.29, 0.717) is 0 Å². The minimum absolute atomic E-state index is 0.0834. The summed E-state index contributed by atoms with van der Waals surface area (Å²) in [5.41, 5.74) is 3.50. The van der Waals surface area contributed by atoms with Gasteiger partial charge in [0.1, 0.15) is 5.60 Å². The Morgan fingerprint density at radius 3 is 2.70 bits per heavy atom. The van der Waals surface area contributed by atoms with Crippen molar-refractivity contribution in [1.82, 2.24) is 4.90 Å². The third kappa shape index (κ3) is 3.14. The molecule has 0 spiro atoms. The number of nitrogens with zero attached hydrogens (tertiary/aromatic N) is 1. The first-order chi connectivity index (χ1) is 9.31. The molecule has 1 unspecified atom stereocenters. The van der Waals surface area contributed by atoms with E-state index in [9.17, 15) is 4.79 Å². The first-order valence-electron chi connectivity index (χ1n) is 7.43. The van der Waals surface area contributed by atoms with Gasteiger partial charge in [-0.3, -0.25) is 0 Å². The number of carbonyl (C=O) groups excluding carboxylic acids is 1. The van der Waals surface area contributed by atoms with Crippen LogP contribution in [0, 0.1) is 0 Å². The third-order valence-electron chi connectivity index (χ3n) is 3.79. The van der Waals surface area contributed by atoms with Crippen LogP contribution in [0.2, 0.25) is 0 Å². The maximum absolute atomic E-state index is 12.3. The molecule has 20 heavy (non-hydrogen) atoms. The van der Waals surface area contributed by atoms with Gasteiger partial charge in [0.15, 0.2) is 0 Å². The van der Waals surface area contributed by atoms with Crippen molar-refractivity contribution in [1.29, 1.82) is 0 Å². The highest BCUT2D eigenvalue weighted by Gasteiger charge is 2.30. The summed E-state index contributed by atoms with van der Waals surface area (Å²) in [6.07, 6.45) is 1.72. The molecule has 1 aromatic carbocycles. The van der Waals surface area contributed by atoms with Crippen LogP contribution in [0.5, 0.6) is 0 Å². The highest BCUT2D eigenvalue weighted by molar-refractivity contribution is 5.69. The summed E-state index contributed by atoms with van der Waals surface area (Å²) in [6, 6.07) is 6.71. The van der Waals surface area contributed by atoms with Gasteiger partial charge in [-0.15, -0.1) is 0 Å². The fourth-order valence-electron chi connectivity index (χ4n) is 2.65. The molecule has 1 aliphatic heterocycles. The van der Waals surface area contributed by atoms with Crippen LogP contribution in [0.25, 0.3) is 0 Å². The van der Waals surface area contributed by atoms with Gasteiger partial charge in [0.25, 0.3) is 0 Å². The Kier molecular flexibility index (Phi) is 4.07. The first kappa shape index (κ1) is 14.9. The van der Waals surface area contributed by atoms with Gasteiger partial charge in [-0.05, 0) is 57.2 Å². The van der Waals surface area contributed by atoms with Crippen molar-refractivity contribution in [3.05, 3.63) is 34.9 Å². The van der Waals surface area contributed by atoms with Gasteiger partial charge < -0.3 is 9.64 Å². The summed E-state index contributed by atoms with van der Waals surface area (Å²) < 4.78 is 5.51. The molecule has 0 bridgehead atoms. The summed E-state index contributed by atoms with van der Waals surface area (Å²) in [5.74, 6) is 0. The zero-order valence-corrected chi connectivity index (χ0v) is 13.2. The van der Waals surface area contributed by atoms with Crippen molar-refractivity contribution in [3.63, 3.8) is 0 Å². The molecule has 3 heteroatoms. The molecule has 1 amide bonds. The molecule has 0 saturated heterocycles. The number of amides is 1. The van der Waals surface area contributed by atoms with Gasteiger partial charge in [-0.2, -0.15) is 0 Å². The maximum Gasteiger partial charge on any atom is 0.410 e. The van der Waals surface area contributed by atoms with E-state index in [2.05, 4.69) is 32.0 Å². The van der Waals surface area contributed by atoms with Crippen molar-refractivity contribution >= 4 is 6.09 Å². The first-order valence-corrected chi connectivity index (χ1v) is 7.43. The van der Waals surface area contributed by atoms with Gasteiger partial charge in [0.2, 0.25) is 0 Å². The summed E-state index contributed by atoms with van der Waals surface area (Å²) >= 11 is 0. The summed E-state index contributed by atoms with van der Waals surface area (Å²) in [6.45, 7) is 10.7. The fraction of sp³-hybridized carbons (Fsp3) is 0.588. The molecule has 0 N–H and O–H groups in total. The van der Waals surface area contributed by atoms with E-state index in [1.165, 1.54) is 16.7 Å². The van der Waals surface area contributed by atoms with Crippen LogP contribution in [-0.2, 0) is 17.6 Å². The molecule has 0 fully saturated rings. The van der Waals surface area contributed by atoms with E-state index in [0.717, 1.165) is 19.4 Å². The second-order valence-electron chi connectivity index (χ2n) is 6.49. The Bertz CT molecular complexity index is 502. The number of fused-ring (bicyclic) bond motifs is 1. The highest BCUT2D eigenvalue weighted by Crippen LogP contribution is 2.31. The number of aryl methyl sites for hydroxylation is 1. The minimum atomic E-state index is -0.442. The molecule has 3 nitrogen and oxygen atoms in total. The number of hydrogen-bond acceptors (Lipinski definition) is 2. The molecule has 0 aliphatic carbocycles. The summed E-state index contributed by atoms with van der Waals surface area (Å²) in [7, 11) is 0. The summed E-state index contributed by atoms with van der Waals surface area (Å²) in [5, 5.41) is 0. The Labute approximate surface area is 121 Å². The lowest BCUT2D eigenvalue weighted by Crippen LogP contribution is -2.42. The van der Waals surface area contributed by atoms with Crippen LogP contribution < -0.4 is 0 Å². The average molecular weight is 275 g/mol. The number of hydrogen-bond donors (Lipinski definition) is 0. The van der Waals surface area contributed by atoms with E-state index in [1.807, 2.05) is 25.7 Å². The van der Waals surface area contributed by atoms with Crippen LogP contribution in [0.4, 0.5) is 4.79 Å². The van der Waals surface area contributed by atoms with E-state index in [4.69, 9.17) is 4.74 Å². The Morgan fingerprint density at radius 2 is 2.10 bits per heavy atom. The van der Waals surface area contributed by atoms with Crippen LogP contribution in [0.3, 0.4) is 0 Å². The van der Waals surface area contributed by atoms with Crippen molar-refractivity contribution in [3.8, 4) is 0 Å². The van der Waals surface area contributed by atoms with Gasteiger partial charge in [-0.25, -0.2) is 4.79 Å². The van der Waals surface area contributed by atoms with E-state index in [1.54, 1.807) is 0 Å². The van der Waals surface area contributed by atoms with E-state index < -0.39 is 5.60 Å². The topological polar surface area (TPSA) is 29.5 Å². The zero-order chi connectivity index (χ0) is 14.9. The molecule has 110 valence electrons. The molecule has 1 atom stereocenters. The Hall–Kier alpha value is -1.51. The standard InChI is InChI=1S/C17H25NO2/c1-6-13-7-8-14-9-10-18(12(2)15(14)11-13)16(19)20-17(3,4)5/h7-8,11-12H,6,9-10H2,1-5H3. The predicted octanol–water partition coefficient (Wildman–Crippen LogP) is 4.10. The molecule has 0 aromatic heterocycles. The normalized spacial score (nSPS) is 18.6. The molecule has 2 rings (SSSR count). The van der Waals surface area contributed by atoms with Crippen molar-refractivity contribution in [2.75, 3.05) is 6.54 Å². The lowest BCUT2D eigenvalue weighted by molar-refractivity contribution is 0.0159. The van der Waals surface area contributed by atoms with Crippen molar-refractivity contribution in [2.45, 2.75) is 59.1 Å². The third-order valence-corrected chi connectivity index (χ3v) is 3.79. The van der Waals surface area contributed by atoms with Crippen molar-refractivity contribution in [2.24, 2.45) is 0 Å². The Morgan fingerprint density at radius 1 is 1.40 bits per heavy atom. The molecular formula is C17H25NO2. The molecule has 1 aromatic rings. The second-order valence-corrected chi connectivity index (χ2v) is 6.49. The van der Waals surface area contributed by atoms with E-state index >= 15 is 0 Å². The molecule has 0 radical (unpaired) electrons. The largest absolute Gasteiger partial charge is 0.444 e. The van der Waals surface area contributed by atoms with Crippen LogP contribution >= 0.6 is 0 Å². The van der Waals surface area contributed by atoms with Gasteiger partial charge >= 0.3 is 6.09 Å². The number of benzene rings is 1. The second kappa shape index (κ2) is 5.47.